The summed E-state index contributed by atoms with van der Waals surface area (Å²) >= 11 is 0. The zero-order valence-electron chi connectivity index (χ0n) is 11.5. The minimum atomic E-state index is -0.703. The Kier molecular flexibility index (Phi) is 5.18. The highest BCUT2D eigenvalue weighted by atomic mass is 16.5. The first-order valence-corrected chi connectivity index (χ1v) is 6.41. The Morgan fingerprint density at radius 2 is 2.11 bits per heavy atom. The van der Waals surface area contributed by atoms with Crippen LogP contribution in [0.5, 0.6) is 5.75 Å². The lowest BCUT2D eigenvalue weighted by molar-refractivity contribution is 0.290. The Morgan fingerprint density at radius 3 is 2.72 bits per heavy atom. The molecule has 1 atom stereocenters. The molecule has 0 spiro atoms. The van der Waals surface area contributed by atoms with Gasteiger partial charge in [0.15, 0.2) is 0 Å². The first-order chi connectivity index (χ1) is 8.50. The van der Waals surface area contributed by atoms with Crippen molar-refractivity contribution in [1.82, 2.24) is 0 Å². The van der Waals surface area contributed by atoms with Gasteiger partial charge in [0, 0.05) is 0 Å². The number of ether oxygens (including phenoxy) is 1. The molecule has 1 aromatic carbocycles. The van der Waals surface area contributed by atoms with Crippen molar-refractivity contribution >= 4 is 0 Å². The molecule has 0 saturated carbocycles. The maximum atomic E-state index is 8.97. The first kappa shape index (κ1) is 14.5. The Hall–Kier alpha value is -1.53. The fourth-order valence-corrected chi connectivity index (χ4v) is 1.74. The minimum Gasteiger partial charge on any atom is -0.493 e. The third-order valence-electron chi connectivity index (χ3n) is 3.22. The maximum absolute atomic E-state index is 8.97. The Labute approximate surface area is 110 Å². The van der Waals surface area contributed by atoms with E-state index in [0.717, 1.165) is 17.7 Å². The number of hydrogen-bond acceptors (Lipinski definition) is 3. The standard InChI is InChI=1S/C15H22N2O/c1-4-15(17,11-16)8-5-9-18-14-10-12(2)6-7-13(14)3/h6-7,10H,4-5,8-9,17H2,1-3H3. The lowest BCUT2D eigenvalue weighted by Gasteiger charge is -2.19. The fraction of sp³-hybridized carbons (Fsp3) is 0.533. The van der Waals surface area contributed by atoms with E-state index in [9.17, 15) is 0 Å². The van der Waals surface area contributed by atoms with Crippen molar-refractivity contribution in [2.75, 3.05) is 6.61 Å². The molecule has 0 radical (unpaired) electrons. The zero-order valence-corrected chi connectivity index (χ0v) is 11.5. The summed E-state index contributed by atoms with van der Waals surface area (Å²) in [6, 6.07) is 8.33. The summed E-state index contributed by atoms with van der Waals surface area (Å²) in [5.74, 6) is 0.922. The maximum Gasteiger partial charge on any atom is 0.122 e. The highest BCUT2D eigenvalue weighted by Gasteiger charge is 2.21. The minimum absolute atomic E-state index is 0.602. The third-order valence-corrected chi connectivity index (χ3v) is 3.22. The predicted octanol–water partition coefficient (Wildman–Crippen LogP) is 3.09. The summed E-state index contributed by atoms with van der Waals surface area (Å²) in [7, 11) is 0. The monoisotopic (exact) mass is 246 g/mol. The van der Waals surface area contributed by atoms with Crippen LogP contribution in [0, 0.1) is 25.2 Å². The molecule has 0 saturated heterocycles. The van der Waals surface area contributed by atoms with Crippen molar-refractivity contribution in [3.63, 3.8) is 0 Å². The van der Waals surface area contributed by atoms with E-state index in [4.69, 9.17) is 15.7 Å². The van der Waals surface area contributed by atoms with Gasteiger partial charge in [-0.3, -0.25) is 0 Å². The summed E-state index contributed by atoms with van der Waals surface area (Å²) < 4.78 is 5.74. The molecule has 0 aliphatic carbocycles. The number of nitrogens with two attached hydrogens (primary N) is 1. The highest BCUT2D eigenvalue weighted by Crippen LogP contribution is 2.20. The predicted molar refractivity (Wildman–Crippen MR) is 73.5 cm³/mol. The fourth-order valence-electron chi connectivity index (χ4n) is 1.74. The van der Waals surface area contributed by atoms with Gasteiger partial charge >= 0.3 is 0 Å². The van der Waals surface area contributed by atoms with E-state index in [2.05, 4.69) is 18.2 Å². The van der Waals surface area contributed by atoms with Gasteiger partial charge < -0.3 is 10.5 Å². The van der Waals surface area contributed by atoms with Crippen LogP contribution in [0.4, 0.5) is 0 Å². The molecular formula is C15H22N2O. The number of benzene rings is 1. The molecule has 1 aromatic rings. The first-order valence-electron chi connectivity index (χ1n) is 6.41. The van der Waals surface area contributed by atoms with Crippen molar-refractivity contribution in [3.8, 4) is 11.8 Å². The second-order valence-corrected chi connectivity index (χ2v) is 4.84. The van der Waals surface area contributed by atoms with Crippen LogP contribution in [0.3, 0.4) is 0 Å². The molecule has 2 N–H and O–H groups in total. The van der Waals surface area contributed by atoms with Crippen molar-refractivity contribution in [2.24, 2.45) is 5.73 Å². The molecular weight excluding hydrogens is 224 g/mol. The second-order valence-electron chi connectivity index (χ2n) is 4.84. The van der Waals surface area contributed by atoms with E-state index in [-0.39, 0.29) is 0 Å². The van der Waals surface area contributed by atoms with Crippen LogP contribution >= 0.6 is 0 Å². The van der Waals surface area contributed by atoms with E-state index in [0.29, 0.717) is 19.4 Å². The molecule has 0 amide bonds. The smallest absolute Gasteiger partial charge is 0.122 e. The number of aryl methyl sites for hydroxylation is 2. The van der Waals surface area contributed by atoms with Gasteiger partial charge in [0.2, 0.25) is 0 Å². The van der Waals surface area contributed by atoms with Crippen LogP contribution in [0.1, 0.15) is 37.3 Å². The molecule has 0 bridgehead atoms. The summed E-state index contributed by atoms with van der Waals surface area (Å²) in [6.07, 6.45) is 2.14. The quantitative estimate of drug-likeness (QED) is 0.785. The van der Waals surface area contributed by atoms with Crippen molar-refractivity contribution < 1.29 is 4.74 Å². The van der Waals surface area contributed by atoms with Crippen LogP contribution in [0.2, 0.25) is 0 Å². The van der Waals surface area contributed by atoms with Crippen LogP contribution < -0.4 is 10.5 Å². The summed E-state index contributed by atoms with van der Waals surface area (Å²) in [5, 5.41) is 8.97. The van der Waals surface area contributed by atoms with Gasteiger partial charge in [0.05, 0.1) is 12.7 Å². The largest absolute Gasteiger partial charge is 0.493 e. The van der Waals surface area contributed by atoms with E-state index >= 15 is 0 Å². The average Bonchev–Trinajstić information content (AvgIpc) is 2.38. The molecule has 0 aromatic heterocycles. The van der Waals surface area contributed by atoms with E-state index in [1.54, 1.807) is 0 Å². The number of nitrogens with zero attached hydrogens (tertiary/aromatic N) is 1. The van der Waals surface area contributed by atoms with Gasteiger partial charge in [-0.25, -0.2) is 0 Å². The Morgan fingerprint density at radius 1 is 1.39 bits per heavy atom. The SMILES string of the molecule is CCC(N)(C#N)CCCOc1cc(C)ccc1C. The van der Waals surface area contributed by atoms with Crippen LogP contribution in [-0.2, 0) is 0 Å². The third kappa shape index (κ3) is 4.05. The topological polar surface area (TPSA) is 59.0 Å². The summed E-state index contributed by atoms with van der Waals surface area (Å²) in [6.45, 7) is 6.62. The van der Waals surface area contributed by atoms with E-state index < -0.39 is 5.54 Å². The van der Waals surface area contributed by atoms with Crippen LogP contribution in [0.15, 0.2) is 18.2 Å². The van der Waals surface area contributed by atoms with Gasteiger partial charge in [-0.2, -0.15) is 5.26 Å². The second kappa shape index (κ2) is 6.42. The molecule has 3 heteroatoms. The number of hydrogen-bond donors (Lipinski definition) is 1. The summed E-state index contributed by atoms with van der Waals surface area (Å²) in [4.78, 5) is 0. The van der Waals surface area contributed by atoms with E-state index in [1.807, 2.05) is 26.8 Å². The number of nitriles is 1. The zero-order chi connectivity index (χ0) is 13.6. The van der Waals surface area contributed by atoms with Crippen LogP contribution in [0.25, 0.3) is 0 Å². The van der Waals surface area contributed by atoms with Crippen molar-refractivity contribution in [2.45, 2.75) is 45.6 Å². The average molecular weight is 246 g/mol. The summed E-state index contributed by atoms with van der Waals surface area (Å²) in [5.41, 5.74) is 7.53. The molecule has 0 heterocycles. The van der Waals surface area contributed by atoms with Gasteiger partial charge in [-0.15, -0.1) is 0 Å². The van der Waals surface area contributed by atoms with Gasteiger partial charge in [0.25, 0.3) is 0 Å². The molecule has 1 rings (SSSR count). The van der Waals surface area contributed by atoms with Crippen LogP contribution in [-0.4, -0.2) is 12.1 Å². The molecule has 3 nitrogen and oxygen atoms in total. The molecule has 98 valence electrons. The lowest BCUT2D eigenvalue weighted by Crippen LogP contribution is -2.37. The van der Waals surface area contributed by atoms with Gasteiger partial charge in [-0.05, 0) is 50.3 Å². The highest BCUT2D eigenvalue weighted by molar-refractivity contribution is 5.35. The van der Waals surface area contributed by atoms with Crippen molar-refractivity contribution in [1.29, 1.82) is 5.26 Å². The Balaban J connectivity index is 2.43. The normalized spacial score (nSPS) is 13.7. The molecule has 1 unspecified atom stereocenters. The van der Waals surface area contributed by atoms with E-state index in [1.165, 1.54) is 5.56 Å². The molecule has 0 aliphatic heterocycles. The number of rotatable bonds is 6. The van der Waals surface area contributed by atoms with Gasteiger partial charge in [0.1, 0.15) is 11.3 Å². The molecule has 0 aliphatic rings. The van der Waals surface area contributed by atoms with Crippen molar-refractivity contribution in [3.05, 3.63) is 29.3 Å². The Bertz CT molecular complexity index is 437. The lowest BCUT2D eigenvalue weighted by atomic mass is 9.94. The molecule has 18 heavy (non-hydrogen) atoms. The molecule has 0 fully saturated rings. The van der Waals surface area contributed by atoms with Gasteiger partial charge in [-0.1, -0.05) is 19.1 Å².